The first kappa shape index (κ1) is 19.2. The first-order chi connectivity index (χ1) is 11.6. The van der Waals surface area contributed by atoms with Crippen LogP contribution in [-0.4, -0.2) is 5.11 Å². The summed E-state index contributed by atoms with van der Waals surface area (Å²) in [6, 6.07) is 12.0. The zero-order valence-corrected chi connectivity index (χ0v) is 16.5. The number of phenols is 1. The lowest BCUT2D eigenvalue weighted by atomic mass is 9.86. The van der Waals surface area contributed by atoms with Gasteiger partial charge in [0.2, 0.25) is 0 Å². The largest absolute Gasteiger partial charge is 0.505 e. The highest BCUT2D eigenvalue weighted by Crippen LogP contribution is 2.40. The van der Waals surface area contributed by atoms with Crippen molar-refractivity contribution in [1.29, 1.82) is 0 Å². The molecule has 0 aliphatic rings. The van der Waals surface area contributed by atoms with Crippen LogP contribution in [0.15, 0.2) is 46.6 Å². The molecule has 0 aliphatic heterocycles. The van der Waals surface area contributed by atoms with Gasteiger partial charge in [0.15, 0.2) is 0 Å². The minimum absolute atomic E-state index is 0.144. The van der Waals surface area contributed by atoms with Crippen LogP contribution < -0.4 is 0 Å². The molecular formula is C22H30N2O. The molecule has 2 aromatic rings. The summed E-state index contributed by atoms with van der Waals surface area (Å²) in [7, 11) is 0. The van der Waals surface area contributed by atoms with Crippen molar-refractivity contribution < 1.29 is 5.11 Å². The smallest absolute Gasteiger partial charge is 0.146 e. The minimum Gasteiger partial charge on any atom is -0.505 e. The zero-order chi connectivity index (χ0) is 18.8. The van der Waals surface area contributed by atoms with Gasteiger partial charge in [-0.25, -0.2) is 0 Å². The van der Waals surface area contributed by atoms with Crippen molar-refractivity contribution in [3.8, 4) is 5.75 Å². The molecular weight excluding hydrogens is 308 g/mol. The van der Waals surface area contributed by atoms with E-state index in [1.54, 1.807) is 6.07 Å². The fourth-order valence-corrected chi connectivity index (χ4v) is 2.95. The van der Waals surface area contributed by atoms with Crippen LogP contribution in [0.5, 0.6) is 5.75 Å². The summed E-state index contributed by atoms with van der Waals surface area (Å²) in [6.07, 6.45) is 0. The molecule has 1 N–H and O–H groups in total. The van der Waals surface area contributed by atoms with E-state index in [-0.39, 0.29) is 11.2 Å². The molecule has 0 atom stereocenters. The number of aromatic hydroxyl groups is 1. The molecule has 0 bridgehead atoms. The molecule has 0 saturated heterocycles. The highest BCUT2D eigenvalue weighted by Gasteiger charge is 2.20. The predicted molar refractivity (Wildman–Crippen MR) is 106 cm³/mol. The highest BCUT2D eigenvalue weighted by atomic mass is 16.3. The van der Waals surface area contributed by atoms with E-state index in [1.165, 1.54) is 11.1 Å². The Morgan fingerprint density at radius 3 is 1.80 bits per heavy atom. The normalized spacial score (nSPS) is 12.5. The Morgan fingerprint density at radius 1 is 0.800 bits per heavy atom. The lowest BCUT2D eigenvalue weighted by Crippen LogP contribution is -2.10. The Balaban J connectivity index is 2.54. The van der Waals surface area contributed by atoms with Gasteiger partial charge in [-0.3, -0.25) is 0 Å². The molecule has 2 aromatic carbocycles. The fraction of sp³-hybridized carbons (Fsp3) is 0.455. The Hall–Kier alpha value is -2.16. The Kier molecular flexibility index (Phi) is 5.66. The van der Waals surface area contributed by atoms with Crippen molar-refractivity contribution in [2.45, 2.75) is 65.7 Å². The van der Waals surface area contributed by atoms with Gasteiger partial charge in [0.25, 0.3) is 0 Å². The van der Waals surface area contributed by atoms with E-state index in [2.05, 4.69) is 76.9 Å². The van der Waals surface area contributed by atoms with Gasteiger partial charge in [0.1, 0.15) is 11.4 Å². The van der Waals surface area contributed by atoms with E-state index in [9.17, 15) is 5.11 Å². The highest BCUT2D eigenvalue weighted by molar-refractivity contribution is 5.59. The molecule has 0 fully saturated rings. The van der Waals surface area contributed by atoms with Crippen LogP contribution >= 0.6 is 0 Å². The van der Waals surface area contributed by atoms with Gasteiger partial charge in [-0.2, -0.15) is 0 Å². The molecule has 0 spiro atoms. The summed E-state index contributed by atoms with van der Waals surface area (Å²) >= 11 is 0. The summed E-state index contributed by atoms with van der Waals surface area (Å²) in [4.78, 5) is 0. The van der Waals surface area contributed by atoms with E-state index >= 15 is 0 Å². The minimum atomic E-state index is -0.144. The molecule has 0 radical (unpaired) electrons. The standard InChI is InChI=1S/C22H30N2O/c1-14(2)16-10-8-11-17(15(3)4)20(16)24-23-19-13-9-12-18(21(19)25)22(5,6)7/h8-15,25H,1-7H3. The summed E-state index contributed by atoms with van der Waals surface area (Å²) < 4.78 is 0. The van der Waals surface area contributed by atoms with Crippen LogP contribution in [0.3, 0.4) is 0 Å². The molecule has 0 saturated carbocycles. The molecule has 0 aliphatic carbocycles. The van der Waals surface area contributed by atoms with Crippen LogP contribution in [0, 0.1) is 0 Å². The molecule has 25 heavy (non-hydrogen) atoms. The third kappa shape index (κ3) is 4.28. The van der Waals surface area contributed by atoms with Gasteiger partial charge >= 0.3 is 0 Å². The van der Waals surface area contributed by atoms with Gasteiger partial charge in [-0.05, 0) is 34.4 Å². The van der Waals surface area contributed by atoms with Crippen LogP contribution in [0.4, 0.5) is 11.4 Å². The van der Waals surface area contributed by atoms with Crippen LogP contribution in [-0.2, 0) is 5.41 Å². The van der Waals surface area contributed by atoms with Gasteiger partial charge in [-0.1, -0.05) is 78.8 Å². The predicted octanol–water partition coefficient (Wildman–Crippen LogP) is 7.35. The van der Waals surface area contributed by atoms with E-state index in [0.717, 1.165) is 11.3 Å². The Bertz CT molecular complexity index is 742. The monoisotopic (exact) mass is 338 g/mol. The maximum atomic E-state index is 10.6. The fourth-order valence-electron chi connectivity index (χ4n) is 2.95. The van der Waals surface area contributed by atoms with Crippen molar-refractivity contribution in [1.82, 2.24) is 0 Å². The summed E-state index contributed by atoms with van der Waals surface area (Å²) in [5.74, 6) is 0.941. The van der Waals surface area contributed by atoms with Gasteiger partial charge < -0.3 is 5.11 Å². The van der Waals surface area contributed by atoms with E-state index in [4.69, 9.17) is 0 Å². The first-order valence-corrected chi connectivity index (χ1v) is 9.00. The van der Waals surface area contributed by atoms with Gasteiger partial charge in [0.05, 0.1) is 5.69 Å². The molecule has 0 aromatic heterocycles. The number of benzene rings is 2. The molecule has 2 rings (SSSR count). The number of para-hydroxylation sites is 1. The second kappa shape index (κ2) is 7.38. The van der Waals surface area contributed by atoms with Crippen LogP contribution in [0.2, 0.25) is 0 Å². The summed E-state index contributed by atoms with van der Waals surface area (Å²) in [5, 5.41) is 19.6. The van der Waals surface area contributed by atoms with Crippen molar-refractivity contribution in [2.75, 3.05) is 0 Å². The molecule has 3 heteroatoms. The summed E-state index contributed by atoms with van der Waals surface area (Å²) in [5.41, 5.74) is 4.54. The Labute approximate surface area is 151 Å². The van der Waals surface area contributed by atoms with Crippen molar-refractivity contribution in [3.63, 3.8) is 0 Å². The van der Waals surface area contributed by atoms with Gasteiger partial charge in [-0.15, -0.1) is 10.2 Å². The lowest BCUT2D eigenvalue weighted by molar-refractivity contribution is 0.448. The SMILES string of the molecule is CC(C)c1cccc(C(C)C)c1N=Nc1cccc(C(C)(C)C)c1O. The van der Waals surface area contributed by atoms with E-state index in [1.807, 2.05) is 12.1 Å². The number of rotatable bonds is 4. The molecule has 0 heterocycles. The van der Waals surface area contributed by atoms with Crippen molar-refractivity contribution in [3.05, 3.63) is 53.1 Å². The van der Waals surface area contributed by atoms with E-state index < -0.39 is 0 Å². The lowest BCUT2D eigenvalue weighted by Gasteiger charge is -2.20. The number of hydrogen-bond donors (Lipinski definition) is 1. The average Bonchev–Trinajstić information content (AvgIpc) is 2.52. The second-order valence-corrected chi connectivity index (χ2v) is 8.22. The second-order valence-electron chi connectivity index (χ2n) is 8.22. The third-order valence-electron chi connectivity index (χ3n) is 4.42. The van der Waals surface area contributed by atoms with Crippen molar-refractivity contribution >= 4 is 11.4 Å². The van der Waals surface area contributed by atoms with Crippen LogP contribution in [0.25, 0.3) is 0 Å². The number of azo groups is 1. The summed E-state index contributed by atoms with van der Waals surface area (Å²) in [6.45, 7) is 14.9. The Morgan fingerprint density at radius 2 is 1.32 bits per heavy atom. The van der Waals surface area contributed by atoms with E-state index in [0.29, 0.717) is 17.5 Å². The van der Waals surface area contributed by atoms with Gasteiger partial charge in [0, 0.05) is 5.56 Å². The molecule has 0 amide bonds. The molecule has 134 valence electrons. The number of hydrogen-bond acceptors (Lipinski definition) is 3. The number of nitrogens with zero attached hydrogens (tertiary/aromatic N) is 2. The number of phenolic OH excluding ortho intramolecular Hbond substituents is 1. The quantitative estimate of drug-likeness (QED) is 0.582. The van der Waals surface area contributed by atoms with Crippen LogP contribution in [0.1, 0.15) is 77.0 Å². The average molecular weight is 338 g/mol. The van der Waals surface area contributed by atoms with Crippen molar-refractivity contribution in [2.24, 2.45) is 10.2 Å². The zero-order valence-electron chi connectivity index (χ0n) is 16.5. The maximum absolute atomic E-state index is 10.6. The topological polar surface area (TPSA) is 45.0 Å². The molecule has 0 unspecified atom stereocenters. The maximum Gasteiger partial charge on any atom is 0.146 e. The first-order valence-electron chi connectivity index (χ1n) is 9.00. The third-order valence-corrected chi connectivity index (χ3v) is 4.42. The molecule has 3 nitrogen and oxygen atoms in total.